The molecule has 21 heavy (non-hydrogen) atoms. The highest BCUT2D eigenvalue weighted by Crippen LogP contribution is 2.32. The standard InChI is InChI=1S/C16H25NO4/c1-11(2)7-13(10-18)17-9-14(19)12-3-4-15-16(8-12)21-6-5-20-15/h3-4,8,11,13-14,17-19H,5-7,9-10H2,1-2H3. The van der Waals surface area contributed by atoms with Crippen LogP contribution in [0.3, 0.4) is 0 Å². The SMILES string of the molecule is CC(C)CC(CO)NCC(O)c1ccc2c(c1)OCCO2. The van der Waals surface area contributed by atoms with Crippen molar-refractivity contribution in [2.24, 2.45) is 5.92 Å². The lowest BCUT2D eigenvalue weighted by atomic mass is 10.0. The molecule has 1 aliphatic heterocycles. The number of hydrogen-bond donors (Lipinski definition) is 3. The Morgan fingerprint density at radius 1 is 1.19 bits per heavy atom. The van der Waals surface area contributed by atoms with E-state index in [2.05, 4.69) is 19.2 Å². The average Bonchev–Trinajstić information content (AvgIpc) is 2.50. The molecule has 2 unspecified atom stereocenters. The maximum atomic E-state index is 10.3. The fraction of sp³-hybridized carbons (Fsp3) is 0.625. The van der Waals surface area contributed by atoms with Crippen molar-refractivity contribution < 1.29 is 19.7 Å². The smallest absolute Gasteiger partial charge is 0.161 e. The summed E-state index contributed by atoms with van der Waals surface area (Å²) in [6.07, 6.45) is 0.242. The molecule has 5 nitrogen and oxygen atoms in total. The Morgan fingerprint density at radius 3 is 2.57 bits per heavy atom. The van der Waals surface area contributed by atoms with E-state index in [-0.39, 0.29) is 12.6 Å². The minimum Gasteiger partial charge on any atom is -0.486 e. The summed E-state index contributed by atoms with van der Waals surface area (Å²) in [6, 6.07) is 5.50. The third-order valence-electron chi connectivity index (χ3n) is 3.53. The van der Waals surface area contributed by atoms with Gasteiger partial charge >= 0.3 is 0 Å². The van der Waals surface area contributed by atoms with Crippen molar-refractivity contribution in [2.75, 3.05) is 26.4 Å². The van der Waals surface area contributed by atoms with Crippen LogP contribution in [0.1, 0.15) is 31.9 Å². The van der Waals surface area contributed by atoms with Gasteiger partial charge < -0.3 is 25.0 Å². The van der Waals surface area contributed by atoms with Gasteiger partial charge in [-0.05, 0) is 30.0 Å². The van der Waals surface area contributed by atoms with Gasteiger partial charge in [-0.1, -0.05) is 19.9 Å². The van der Waals surface area contributed by atoms with Gasteiger partial charge in [0, 0.05) is 12.6 Å². The summed E-state index contributed by atoms with van der Waals surface area (Å²) in [4.78, 5) is 0. The number of hydrogen-bond acceptors (Lipinski definition) is 5. The van der Waals surface area contributed by atoms with Crippen LogP contribution in [0.2, 0.25) is 0 Å². The van der Waals surface area contributed by atoms with Crippen LogP contribution in [0, 0.1) is 5.92 Å². The largest absolute Gasteiger partial charge is 0.486 e. The molecule has 0 radical (unpaired) electrons. The number of benzene rings is 1. The summed E-state index contributed by atoms with van der Waals surface area (Å²) in [7, 11) is 0. The van der Waals surface area contributed by atoms with Crippen molar-refractivity contribution in [1.29, 1.82) is 0 Å². The van der Waals surface area contributed by atoms with E-state index in [0.29, 0.717) is 31.4 Å². The zero-order chi connectivity index (χ0) is 15.2. The van der Waals surface area contributed by atoms with Gasteiger partial charge in [-0.3, -0.25) is 0 Å². The summed E-state index contributed by atoms with van der Waals surface area (Å²) >= 11 is 0. The molecule has 2 rings (SSSR count). The Balaban J connectivity index is 1.92. The van der Waals surface area contributed by atoms with Crippen molar-refractivity contribution in [3.63, 3.8) is 0 Å². The van der Waals surface area contributed by atoms with Crippen molar-refractivity contribution in [1.82, 2.24) is 5.32 Å². The molecule has 0 aliphatic carbocycles. The van der Waals surface area contributed by atoms with Crippen LogP contribution in [0.5, 0.6) is 11.5 Å². The topological polar surface area (TPSA) is 71.0 Å². The minimum absolute atomic E-state index is 0.0110. The zero-order valence-electron chi connectivity index (χ0n) is 12.7. The Kier molecular flexibility index (Phi) is 5.85. The van der Waals surface area contributed by atoms with E-state index in [1.165, 1.54) is 0 Å². The predicted octanol–water partition coefficient (Wildman–Crippen LogP) is 1.49. The minimum atomic E-state index is -0.637. The van der Waals surface area contributed by atoms with Gasteiger partial charge in [0.2, 0.25) is 0 Å². The Hall–Kier alpha value is -1.30. The molecule has 1 aromatic rings. The van der Waals surface area contributed by atoms with Crippen LogP contribution in [0.15, 0.2) is 18.2 Å². The lowest BCUT2D eigenvalue weighted by Crippen LogP contribution is -2.36. The van der Waals surface area contributed by atoms with E-state index in [1.807, 2.05) is 18.2 Å². The second-order valence-electron chi connectivity index (χ2n) is 5.84. The molecule has 0 fully saturated rings. The molecule has 0 spiro atoms. The zero-order valence-corrected chi connectivity index (χ0v) is 12.7. The molecule has 118 valence electrons. The van der Waals surface area contributed by atoms with Crippen molar-refractivity contribution in [3.05, 3.63) is 23.8 Å². The average molecular weight is 295 g/mol. The number of aliphatic hydroxyl groups excluding tert-OH is 2. The van der Waals surface area contributed by atoms with Gasteiger partial charge in [0.15, 0.2) is 11.5 Å². The first-order valence-corrected chi connectivity index (χ1v) is 7.52. The molecule has 0 bridgehead atoms. The van der Waals surface area contributed by atoms with Crippen LogP contribution < -0.4 is 14.8 Å². The lowest BCUT2D eigenvalue weighted by Gasteiger charge is -2.22. The third kappa shape index (κ3) is 4.59. The molecule has 0 saturated heterocycles. The number of rotatable bonds is 7. The van der Waals surface area contributed by atoms with E-state index in [4.69, 9.17) is 9.47 Å². The maximum Gasteiger partial charge on any atom is 0.161 e. The number of nitrogens with one attached hydrogen (secondary N) is 1. The number of ether oxygens (including phenoxy) is 2. The van der Waals surface area contributed by atoms with Crippen LogP contribution in [0.4, 0.5) is 0 Å². The van der Waals surface area contributed by atoms with Crippen molar-refractivity contribution in [2.45, 2.75) is 32.4 Å². The first-order valence-electron chi connectivity index (χ1n) is 7.52. The Morgan fingerprint density at radius 2 is 1.90 bits per heavy atom. The molecule has 5 heteroatoms. The van der Waals surface area contributed by atoms with Crippen molar-refractivity contribution >= 4 is 0 Å². The molecular formula is C16H25NO4. The highest BCUT2D eigenvalue weighted by molar-refractivity contribution is 5.44. The molecule has 1 aliphatic rings. The van der Waals surface area contributed by atoms with E-state index in [0.717, 1.165) is 17.7 Å². The van der Waals surface area contributed by atoms with Crippen LogP contribution in [-0.2, 0) is 0 Å². The molecule has 0 saturated carbocycles. The van der Waals surface area contributed by atoms with Crippen LogP contribution in [0.25, 0.3) is 0 Å². The summed E-state index contributed by atoms with van der Waals surface area (Å²) in [5.41, 5.74) is 0.785. The van der Waals surface area contributed by atoms with Gasteiger partial charge in [0.25, 0.3) is 0 Å². The summed E-state index contributed by atoms with van der Waals surface area (Å²) in [6.45, 7) is 5.79. The maximum absolute atomic E-state index is 10.3. The second kappa shape index (κ2) is 7.64. The Bertz CT molecular complexity index is 450. The van der Waals surface area contributed by atoms with Gasteiger partial charge in [-0.15, -0.1) is 0 Å². The number of fused-ring (bicyclic) bond motifs is 1. The molecule has 2 atom stereocenters. The molecule has 0 amide bonds. The van der Waals surface area contributed by atoms with E-state index in [9.17, 15) is 10.2 Å². The van der Waals surface area contributed by atoms with Gasteiger partial charge in [-0.25, -0.2) is 0 Å². The van der Waals surface area contributed by atoms with Gasteiger partial charge in [-0.2, -0.15) is 0 Å². The van der Waals surface area contributed by atoms with Gasteiger partial charge in [0.05, 0.1) is 12.7 Å². The van der Waals surface area contributed by atoms with Crippen molar-refractivity contribution in [3.8, 4) is 11.5 Å². The van der Waals surface area contributed by atoms with E-state index >= 15 is 0 Å². The summed E-state index contributed by atoms with van der Waals surface area (Å²) in [5, 5.41) is 22.8. The van der Waals surface area contributed by atoms with E-state index in [1.54, 1.807) is 0 Å². The molecule has 0 aromatic heterocycles. The summed E-state index contributed by atoms with van der Waals surface area (Å²) < 4.78 is 11.0. The van der Waals surface area contributed by atoms with Crippen LogP contribution in [-0.4, -0.2) is 42.6 Å². The Labute approximate surface area is 125 Å². The molecule has 1 heterocycles. The first-order chi connectivity index (χ1) is 10.1. The monoisotopic (exact) mass is 295 g/mol. The highest BCUT2D eigenvalue weighted by atomic mass is 16.6. The molecular weight excluding hydrogens is 270 g/mol. The van der Waals surface area contributed by atoms with Gasteiger partial charge in [0.1, 0.15) is 13.2 Å². The predicted molar refractivity (Wildman–Crippen MR) is 80.7 cm³/mol. The normalized spacial score (nSPS) is 16.8. The van der Waals surface area contributed by atoms with Crippen LogP contribution >= 0.6 is 0 Å². The number of aliphatic hydroxyl groups is 2. The van der Waals surface area contributed by atoms with E-state index < -0.39 is 6.10 Å². The molecule has 3 N–H and O–H groups in total. The highest BCUT2D eigenvalue weighted by Gasteiger charge is 2.17. The first kappa shape index (κ1) is 16.1. The summed E-state index contributed by atoms with van der Waals surface area (Å²) in [5.74, 6) is 1.90. The fourth-order valence-electron chi connectivity index (χ4n) is 2.45. The lowest BCUT2D eigenvalue weighted by molar-refractivity contribution is 0.150. The quantitative estimate of drug-likeness (QED) is 0.711. The molecule has 1 aromatic carbocycles. The second-order valence-corrected chi connectivity index (χ2v) is 5.84. The third-order valence-corrected chi connectivity index (χ3v) is 3.53. The fourth-order valence-corrected chi connectivity index (χ4v) is 2.45.